The number of aldehydes is 1. The van der Waals surface area contributed by atoms with Crippen molar-refractivity contribution in [2.45, 2.75) is 33.0 Å². The number of rotatable bonds is 1. The third kappa shape index (κ3) is 1.08. The number of carbonyl (C=O) groups excluding carboxylic acids is 1. The highest BCUT2D eigenvalue weighted by molar-refractivity contribution is 5.55. The molecule has 2 nitrogen and oxygen atoms in total. The second-order valence-electron chi connectivity index (χ2n) is 3.12. The Morgan fingerprint density at radius 3 is 2.00 bits per heavy atom. The molecule has 0 N–H and O–H groups in total. The van der Waals surface area contributed by atoms with Crippen LogP contribution < -0.4 is 0 Å². The fourth-order valence-corrected chi connectivity index (χ4v) is 1.53. The molecule has 1 aliphatic heterocycles. The Morgan fingerprint density at radius 2 is 1.80 bits per heavy atom. The Morgan fingerprint density at radius 1 is 1.20 bits per heavy atom. The van der Waals surface area contributed by atoms with Crippen LogP contribution in [0.1, 0.15) is 20.8 Å². The van der Waals surface area contributed by atoms with E-state index in [1.54, 1.807) is 0 Å². The van der Waals surface area contributed by atoms with Crippen molar-refractivity contribution < 1.29 is 9.53 Å². The quantitative estimate of drug-likeness (QED) is 0.515. The van der Waals surface area contributed by atoms with Gasteiger partial charge in [0.15, 0.2) is 0 Å². The van der Waals surface area contributed by atoms with E-state index in [9.17, 15) is 4.79 Å². The molecule has 1 fully saturated rings. The average molecular weight is 142 g/mol. The van der Waals surface area contributed by atoms with Crippen LogP contribution in [0.3, 0.4) is 0 Å². The Hall–Kier alpha value is -0.370. The SMILES string of the molecule is CC1OC(C)C(C=O)C1C. The highest BCUT2D eigenvalue weighted by Gasteiger charge is 2.36. The van der Waals surface area contributed by atoms with E-state index in [0.717, 1.165) is 6.29 Å². The molecular weight excluding hydrogens is 128 g/mol. The summed E-state index contributed by atoms with van der Waals surface area (Å²) >= 11 is 0. The maximum absolute atomic E-state index is 10.5. The summed E-state index contributed by atoms with van der Waals surface area (Å²) < 4.78 is 5.45. The zero-order chi connectivity index (χ0) is 7.72. The van der Waals surface area contributed by atoms with E-state index >= 15 is 0 Å². The summed E-state index contributed by atoms with van der Waals surface area (Å²) in [5, 5.41) is 0. The van der Waals surface area contributed by atoms with Crippen LogP contribution in [-0.4, -0.2) is 18.5 Å². The second-order valence-corrected chi connectivity index (χ2v) is 3.12. The number of hydrogen-bond acceptors (Lipinski definition) is 2. The van der Waals surface area contributed by atoms with Crippen LogP contribution in [0.5, 0.6) is 0 Å². The molecule has 1 heterocycles. The lowest BCUT2D eigenvalue weighted by molar-refractivity contribution is -0.112. The van der Waals surface area contributed by atoms with Crippen molar-refractivity contribution in [1.82, 2.24) is 0 Å². The zero-order valence-corrected chi connectivity index (χ0v) is 6.70. The maximum Gasteiger partial charge on any atom is 0.126 e. The minimum atomic E-state index is 0.106. The van der Waals surface area contributed by atoms with Gasteiger partial charge in [0, 0.05) is 5.92 Å². The Bertz CT molecular complexity index is 133. The van der Waals surface area contributed by atoms with Gasteiger partial charge in [0.05, 0.1) is 12.2 Å². The standard InChI is InChI=1S/C8H14O2/c1-5-6(2)10-7(3)8(5)4-9/h4-8H,1-3H3. The van der Waals surface area contributed by atoms with E-state index in [4.69, 9.17) is 4.74 Å². The third-order valence-corrected chi connectivity index (χ3v) is 2.48. The summed E-state index contributed by atoms with van der Waals surface area (Å²) in [6.45, 7) is 6.04. The summed E-state index contributed by atoms with van der Waals surface area (Å²) in [4.78, 5) is 10.5. The molecule has 0 aliphatic carbocycles. The van der Waals surface area contributed by atoms with Gasteiger partial charge in [-0.05, 0) is 19.8 Å². The van der Waals surface area contributed by atoms with Crippen molar-refractivity contribution in [3.05, 3.63) is 0 Å². The predicted molar refractivity (Wildman–Crippen MR) is 38.7 cm³/mol. The lowest BCUT2D eigenvalue weighted by atomic mass is 9.91. The van der Waals surface area contributed by atoms with Crippen LogP contribution >= 0.6 is 0 Å². The lowest BCUT2D eigenvalue weighted by Crippen LogP contribution is -2.17. The largest absolute Gasteiger partial charge is 0.375 e. The fraction of sp³-hybridized carbons (Fsp3) is 0.875. The van der Waals surface area contributed by atoms with E-state index < -0.39 is 0 Å². The first kappa shape index (κ1) is 7.73. The molecule has 0 saturated carbocycles. The normalized spacial score (nSPS) is 47.5. The molecule has 1 rings (SSSR count). The minimum Gasteiger partial charge on any atom is -0.375 e. The molecule has 0 bridgehead atoms. The van der Waals surface area contributed by atoms with Gasteiger partial charge in [0.1, 0.15) is 6.29 Å². The first-order chi connectivity index (χ1) is 4.66. The van der Waals surface area contributed by atoms with Gasteiger partial charge in [-0.15, -0.1) is 0 Å². The van der Waals surface area contributed by atoms with E-state index in [1.807, 2.05) is 13.8 Å². The molecule has 58 valence electrons. The molecule has 0 aromatic carbocycles. The van der Waals surface area contributed by atoms with Gasteiger partial charge in [-0.2, -0.15) is 0 Å². The molecule has 2 heteroatoms. The first-order valence-corrected chi connectivity index (χ1v) is 3.77. The first-order valence-electron chi connectivity index (χ1n) is 3.77. The Kier molecular flexibility index (Phi) is 2.09. The molecule has 0 spiro atoms. The third-order valence-electron chi connectivity index (χ3n) is 2.48. The highest BCUT2D eigenvalue weighted by Crippen LogP contribution is 2.30. The maximum atomic E-state index is 10.5. The zero-order valence-electron chi connectivity index (χ0n) is 6.70. The van der Waals surface area contributed by atoms with E-state index in [1.165, 1.54) is 0 Å². The highest BCUT2D eigenvalue weighted by atomic mass is 16.5. The van der Waals surface area contributed by atoms with Crippen molar-refractivity contribution in [3.8, 4) is 0 Å². The molecule has 1 saturated heterocycles. The van der Waals surface area contributed by atoms with E-state index in [0.29, 0.717) is 5.92 Å². The Balaban J connectivity index is 2.63. The molecular formula is C8H14O2. The monoisotopic (exact) mass is 142 g/mol. The van der Waals surface area contributed by atoms with Crippen molar-refractivity contribution in [3.63, 3.8) is 0 Å². The van der Waals surface area contributed by atoms with Crippen LogP contribution in [0, 0.1) is 11.8 Å². The van der Waals surface area contributed by atoms with Crippen molar-refractivity contribution >= 4 is 6.29 Å². The summed E-state index contributed by atoms with van der Waals surface area (Å²) in [5.41, 5.74) is 0. The van der Waals surface area contributed by atoms with Crippen molar-refractivity contribution in [2.75, 3.05) is 0 Å². The number of carbonyl (C=O) groups is 1. The minimum absolute atomic E-state index is 0.106. The van der Waals surface area contributed by atoms with E-state index in [-0.39, 0.29) is 18.1 Å². The molecule has 1 aliphatic rings. The van der Waals surface area contributed by atoms with Crippen molar-refractivity contribution in [2.24, 2.45) is 11.8 Å². The van der Waals surface area contributed by atoms with Crippen LogP contribution in [-0.2, 0) is 9.53 Å². The fourth-order valence-electron chi connectivity index (χ4n) is 1.53. The summed E-state index contributed by atoms with van der Waals surface area (Å²) in [6.07, 6.45) is 1.37. The van der Waals surface area contributed by atoms with Gasteiger partial charge in [0.25, 0.3) is 0 Å². The molecule has 0 aromatic heterocycles. The molecule has 0 radical (unpaired) electrons. The average Bonchev–Trinajstić information content (AvgIpc) is 2.09. The van der Waals surface area contributed by atoms with Gasteiger partial charge in [0.2, 0.25) is 0 Å². The summed E-state index contributed by atoms with van der Waals surface area (Å²) in [7, 11) is 0. The van der Waals surface area contributed by atoms with Crippen LogP contribution in [0.25, 0.3) is 0 Å². The topological polar surface area (TPSA) is 26.3 Å². The van der Waals surface area contributed by atoms with Gasteiger partial charge in [-0.1, -0.05) is 6.92 Å². The van der Waals surface area contributed by atoms with Crippen LogP contribution in [0.4, 0.5) is 0 Å². The molecule has 4 atom stereocenters. The Labute approximate surface area is 61.6 Å². The van der Waals surface area contributed by atoms with Gasteiger partial charge in [-0.25, -0.2) is 0 Å². The molecule has 0 amide bonds. The van der Waals surface area contributed by atoms with E-state index in [2.05, 4.69) is 6.92 Å². The van der Waals surface area contributed by atoms with Gasteiger partial charge < -0.3 is 9.53 Å². The van der Waals surface area contributed by atoms with Gasteiger partial charge >= 0.3 is 0 Å². The lowest BCUT2D eigenvalue weighted by Gasteiger charge is -2.09. The smallest absolute Gasteiger partial charge is 0.126 e. The molecule has 0 aromatic rings. The molecule has 4 unspecified atom stereocenters. The summed E-state index contributed by atoms with van der Waals surface area (Å²) in [5.74, 6) is 0.488. The number of ether oxygens (including phenoxy) is 1. The van der Waals surface area contributed by atoms with Crippen LogP contribution in [0.15, 0.2) is 0 Å². The summed E-state index contributed by atoms with van der Waals surface area (Å²) in [6, 6.07) is 0. The van der Waals surface area contributed by atoms with Crippen LogP contribution in [0.2, 0.25) is 0 Å². The van der Waals surface area contributed by atoms with Gasteiger partial charge in [-0.3, -0.25) is 0 Å². The second kappa shape index (κ2) is 2.70. The number of hydrogen-bond donors (Lipinski definition) is 0. The van der Waals surface area contributed by atoms with Crippen molar-refractivity contribution in [1.29, 1.82) is 0 Å². The predicted octanol–water partition coefficient (Wildman–Crippen LogP) is 1.24. The molecule has 10 heavy (non-hydrogen) atoms.